The summed E-state index contributed by atoms with van der Waals surface area (Å²) in [5, 5.41) is 11.5. The van der Waals surface area contributed by atoms with Crippen LogP contribution >= 0.6 is 34.4 Å². The Labute approximate surface area is 184 Å². The van der Waals surface area contributed by atoms with Gasteiger partial charge in [-0.2, -0.15) is 0 Å². The van der Waals surface area contributed by atoms with Gasteiger partial charge in [0.15, 0.2) is 20.0 Å². The lowest BCUT2D eigenvalue weighted by atomic mass is 10.3. The van der Waals surface area contributed by atoms with E-state index in [1.807, 2.05) is 34.2 Å². The standard InChI is InChI=1S/C19H13N5O2S4/c1-30(25,26)13-6-7-14-16(10-13)28-19(21-14)29-18-23-22-17(15-5-3-9-27-15)24(18)12-4-2-8-20-11-12/h2-11H,1H3. The first-order valence-electron chi connectivity index (χ1n) is 8.67. The number of fused-ring (bicyclic) bond motifs is 1. The third-order valence-corrected chi connectivity index (χ3v) is 8.23. The maximum absolute atomic E-state index is 11.8. The van der Waals surface area contributed by atoms with Crippen molar-refractivity contribution >= 4 is 54.5 Å². The molecule has 0 bridgehead atoms. The monoisotopic (exact) mass is 471 g/mol. The van der Waals surface area contributed by atoms with Gasteiger partial charge in [0.1, 0.15) is 0 Å². The van der Waals surface area contributed by atoms with E-state index in [4.69, 9.17) is 0 Å². The lowest BCUT2D eigenvalue weighted by molar-refractivity contribution is 0.602. The van der Waals surface area contributed by atoms with Crippen molar-refractivity contribution in [3.8, 4) is 16.4 Å². The first-order chi connectivity index (χ1) is 14.5. The molecule has 0 spiro atoms. The van der Waals surface area contributed by atoms with Crippen LogP contribution in [0.1, 0.15) is 0 Å². The van der Waals surface area contributed by atoms with Gasteiger partial charge in [-0.25, -0.2) is 13.4 Å². The van der Waals surface area contributed by atoms with Crippen molar-refractivity contribution in [2.45, 2.75) is 14.4 Å². The van der Waals surface area contributed by atoms with Crippen LogP contribution in [0, 0.1) is 0 Å². The molecule has 0 fully saturated rings. The van der Waals surface area contributed by atoms with Gasteiger partial charge in [0, 0.05) is 12.5 Å². The number of benzene rings is 1. The minimum absolute atomic E-state index is 0.286. The van der Waals surface area contributed by atoms with E-state index < -0.39 is 9.84 Å². The number of hydrogen-bond acceptors (Lipinski definition) is 9. The summed E-state index contributed by atoms with van der Waals surface area (Å²) in [6, 6.07) is 12.8. The van der Waals surface area contributed by atoms with Crippen molar-refractivity contribution in [1.29, 1.82) is 0 Å². The van der Waals surface area contributed by atoms with Gasteiger partial charge < -0.3 is 0 Å². The molecule has 1 aromatic carbocycles. The smallest absolute Gasteiger partial charge is 0.203 e. The lowest BCUT2D eigenvalue weighted by Crippen LogP contribution is -1.99. The zero-order valence-corrected chi connectivity index (χ0v) is 18.7. The second-order valence-electron chi connectivity index (χ2n) is 6.31. The van der Waals surface area contributed by atoms with E-state index in [2.05, 4.69) is 20.2 Å². The molecule has 0 atom stereocenters. The SMILES string of the molecule is CS(=O)(=O)c1ccc2nc(Sc3nnc(-c4cccs4)n3-c3cccnc3)sc2c1. The lowest BCUT2D eigenvalue weighted by Gasteiger charge is -2.07. The van der Waals surface area contributed by atoms with Crippen LogP contribution in [-0.4, -0.2) is 39.4 Å². The predicted molar refractivity (Wildman–Crippen MR) is 119 cm³/mol. The molecule has 150 valence electrons. The van der Waals surface area contributed by atoms with E-state index in [-0.39, 0.29) is 4.90 Å². The Morgan fingerprint density at radius 2 is 2.00 bits per heavy atom. The molecule has 4 heterocycles. The molecular formula is C19H13N5O2S4. The highest BCUT2D eigenvalue weighted by Crippen LogP contribution is 2.37. The summed E-state index contributed by atoms with van der Waals surface area (Å²) in [6.07, 6.45) is 4.69. The van der Waals surface area contributed by atoms with Gasteiger partial charge >= 0.3 is 0 Å². The summed E-state index contributed by atoms with van der Waals surface area (Å²) in [4.78, 5) is 10.1. The van der Waals surface area contributed by atoms with Crippen molar-refractivity contribution < 1.29 is 8.42 Å². The molecule has 30 heavy (non-hydrogen) atoms. The van der Waals surface area contributed by atoms with Gasteiger partial charge in [0.05, 0.1) is 31.9 Å². The maximum atomic E-state index is 11.8. The fourth-order valence-electron chi connectivity index (χ4n) is 2.86. The summed E-state index contributed by atoms with van der Waals surface area (Å²) in [7, 11) is -3.27. The van der Waals surface area contributed by atoms with Crippen molar-refractivity contribution in [2.75, 3.05) is 6.26 Å². The quantitative estimate of drug-likeness (QED) is 0.371. The zero-order chi connectivity index (χ0) is 20.7. The van der Waals surface area contributed by atoms with E-state index in [0.29, 0.717) is 5.16 Å². The molecular weight excluding hydrogens is 459 g/mol. The van der Waals surface area contributed by atoms with Crippen molar-refractivity contribution in [3.05, 3.63) is 60.2 Å². The number of nitrogens with zero attached hydrogens (tertiary/aromatic N) is 5. The fraction of sp³-hybridized carbons (Fsp3) is 0.0526. The molecule has 0 N–H and O–H groups in total. The van der Waals surface area contributed by atoms with Gasteiger partial charge in [-0.05, 0) is 53.5 Å². The molecule has 0 aliphatic rings. The van der Waals surface area contributed by atoms with Crippen molar-refractivity contribution in [1.82, 2.24) is 24.7 Å². The fourth-order valence-corrected chi connectivity index (χ4v) is 6.34. The van der Waals surface area contributed by atoms with E-state index in [0.717, 1.165) is 30.9 Å². The highest BCUT2D eigenvalue weighted by Gasteiger charge is 2.19. The van der Waals surface area contributed by atoms with Crippen LogP contribution in [0.2, 0.25) is 0 Å². The maximum Gasteiger partial charge on any atom is 0.203 e. The number of sulfone groups is 1. The molecule has 4 aromatic heterocycles. The third-order valence-electron chi connectivity index (χ3n) is 4.23. The Morgan fingerprint density at radius 3 is 2.73 bits per heavy atom. The number of thiophene rings is 1. The number of aromatic nitrogens is 5. The molecule has 0 unspecified atom stereocenters. The number of thiazole rings is 1. The Morgan fingerprint density at radius 1 is 1.10 bits per heavy atom. The number of pyridine rings is 1. The average molecular weight is 472 g/mol. The van der Waals surface area contributed by atoms with Crippen LogP contribution in [-0.2, 0) is 9.84 Å². The van der Waals surface area contributed by atoms with E-state index in [9.17, 15) is 8.42 Å². The predicted octanol–water partition coefficient (Wildman–Crippen LogP) is 4.56. The van der Waals surface area contributed by atoms with Crippen LogP contribution in [0.25, 0.3) is 26.6 Å². The highest BCUT2D eigenvalue weighted by molar-refractivity contribution is 8.01. The topological polar surface area (TPSA) is 90.6 Å². The Bertz CT molecular complexity index is 1440. The molecule has 7 nitrogen and oxygen atoms in total. The average Bonchev–Trinajstić information content (AvgIpc) is 3.46. The van der Waals surface area contributed by atoms with Gasteiger partial charge in [0.2, 0.25) is 5.16 Å². The summed E-state index contributed by atoms with van der Waals surface area (Å²) in [5.74, 6) is 0.737. The normalized spacial score (nSPS) is 11.9. The van der Waals surface area contributed by atoms with E-state index in [1.54, 1.807) is 41.9 Å². The molecule has 11 heteroatoms. The molecule has 0 amide bonds. The van der Waals surface area contributed by atoms with Gasteiger partial charge in [-0.1, -0.05) is 6.07 Å². The minimum atomic E-state index is -3.27. The van der Waals surface area contributed by atoms with Crippen LogP contribution in [0.4, 0.5) is 0 Å². The second-order valence-corrected chi connectivity index (χ2v) is 11.5. The molecule has 0 aliphatic carbocycles. The van der Waals surface area contributed by atoms with Crippen LogP contribution in [0.3, 0.4) is 0 Å². The molecule has 0 radical (unpaired) electrons. The Balaban J connectivity index is 1.58. The van der Waals surface area contributed by atoms with Gasteiger partial charge in [-0.15, -0.1) is 32.9 Å². The summed E-state index contributed by atoms with van der Waals surface area (Å²) in [5.41, 5.74) is 1.61. The van der Waals surface area contributed by atoms with E-state index in [1.165, 1.54) is 29.4 Å². The van der Waals surface area contributed by atoms with Crippen molar-refractivity contribution in [2.24, 2.45) is 0 Å². The van der Waals surface area contributed by atoms with Crippen LogP contribution in [0.15, 0.2) is 74.6 Å². The van der Waals surface area contributed by atoms with Crippen LogP contribution in [0.5, 0.6) is 0 Å². The molecule has 5 aromatic rings. The summed E-state index contributed by atoms with van der Waals surface area (Å²) >= 11 is 4.41. The highest BCUT2D eigenvalue weighted by atomic mass is 32.2. The second kappa shape index (κ2) is 7.58. The van der Waals surface area contributed by atoms with E-state index >= 15 is 0 Å². The third kappa shape index (κ3) is 3.65. The minimum Gasteiger partial charge on any atom is -0.267 e. The largest absolute Gasteiger partial charge is 0.267 e. The van der Waals surface area contributed by atoms with Gasteiger partial charge in [-0.3, -0.25) is 9.55 Å². The van der Waals surface area contributed by atoms with Crippen LogP contribution < -0.4 is 0 Å². The summed E-state index contributed by atoms with van der Waals surface area (Å²) < 4.78 is 27.2. The first kappa shape index (κ1) is 19.4. The molecule has 0 saturated carbocycles. The Hall–Kier alpha value is -2.60. The zero-order valence-electron chi connectivity index (χ0n) is 15.5. The summed E-state index contributed by atoms with van der Waals surface area (Å²) in [6.45, 7) is 0. The number of hydrogen-bond donors (Lipinski definition) is 0. The molecule has 0 aliphatic heterocycles. The van der Waals surface area contributed by atoms with Gasteiger partial charge in [0.25, 0.3) is 0 Å². The first-order valence-corrected chi connectivity index (χ1v) is 13.1. The Kier molecular flexibility index (Phi) is 4.89. The molecule has 0 saturated heterocycles. The molecule has 5 rings (SSSR count). The van der Waals surface area contributed by atoms with Crippen molar-refractivity contribution in [3.63, 3.8) is 0 Å². The number of rotatable bonds is 5.